The van der Waals surface area contributed by atoms with Gasteiger partial charge >= 0.3 is 0 Å². The zero-order chi connectivity index (χ0) is 26.7. The van der Waals surface area contributed by atoms with Crippen molar-refractivity contribution in [2.24, 2.45) is 0 Å². The van der Waals surface area contributed by atoms with E-state index in [0.717, 1.165) is 11.1 Å². The highest BCUT2D eigenvalue weighted by Gasteiger charge is 2.23. The van der Waals surface area contributed by atoms with Gasteiger partial charge in [0.25, 0.3) is 10.0 Å². The van der Waals surface area contributed by atoms with Crippen molar-refractivity contribution in [2.75, 3.05) is 10.0 Å². The number of anilines is 2. The molecule has 0 spiro atoms. The molecule has 1 amide bonds. The molecule has 1 aromatic heterocycles. The van der Waals surface area contributed by atoms with Crippen molar-refractivity contribution in [1.82, 2.24) is 5.16 Å². The number of nitrogens with zero attached hydrogens (tertiary/aromatic N) is 1. The lowest BCUT2D eigenvalue weighted by Crippen LogP contribution is -2.17. The molecule has 1 heterocycles. The highest BCUT2D eigenvalue weighted by molar-refractivity contribution is 7.93. The van der Waals surface area contributed by atoms with Crippen LogP contribution in [-0.4, -0.2) is 19.5 Å². The van der Waals surface area contributed by atoms with Crippen LogP contribution in [0.1, 0.15) is 34.7 Å². The molecule has 5 aromatic rings. The number of rotatable bonds is 8. The Morgan fingerprint density at radius 1 is 0.816 bits per heavy atom. The third-order valence-corrected chi connectivity index (χ3v) is 8.01. The molecule has 0 atom stereocenters. The average molecular weight is 526 g/mol. The summed E-state index contributed by atoms with van der Waals surface area (Å²) in [7, 11) is -3.98. The van der Waals surface area contributed by atoms with Crippen molar-refractivity contribution in [1.29, 1.82) is 0 Å². The summed E-state index contributed by atoms with van der Waals surface area (Å²) in [6.07, 6.45) is 0.230. The summed E-state index contributed by atoms with van der Waals surface area (Å²) in [5.74, 6) is -0.215. The molecule has 0 saturated heterocycles. The molecule has 4 aromatic carbocycles. The predicted octanol–water partition coefficient (Wildman–Crippen LogP) is 6.41. The summed E-state index contributed by atoms with van der Waals surface area (Å²) in [5.41, 5.74) is 3.85. The largest absolute Gasteiger partial charge is 0.337 e. The molecule has 0 aliphatic rings. The van der Waals surface area contributed by atoms with Crippen LogP contribution in [0.2, 0.25) is 0 Å². The van der Waals surface area contributed by atoms with E-state index in [0.29, 0.717) is 27.7 Å². The van der Waals surface area contributed by atoms with Crippen LogP contribution in [0, 0.1) is 13.8 Å². The number of fused-ring (bicyclic) bond motifs is 1. The van der Waals surface area contributed by atoms with Crippen molar-refractivity contribution in [3.8, 4) is 0 Å². The third-order valence-electron chi connectivity index (χ3n) is 6.62. The van der Waals surface area contributed by atoms with Crippen LogP contribution >= 0.6 is 0 Å². The van der Waals surface area contributed by atoms with E-state index in [1.165, 1.54) is 6.07 Å². The highest BCUT2D eigenvalue weighted by atomic mass is 32.2. The second-order valence-corrected chi connectivity index (χ2v) is 10.8. The fourth-order valence-electron chi connectivity index (χ4n) is 4.50. The Morgan fingerprint density at radius 3 is 2.03 bits per heavy atom. The number of amides is 1. The molecule has 38 heavy (non-hydrogen) atoms. The van der Waals surface area contributed by atoms with E-state index in [2.05, 4.69) is 15.2 Å². The van der Waals surface area contributed by atoms with Gasteiger partial charge in [-0.1, -0.05) is 90.1 Å². The first-order valence-electron chi connectivity index (χ1n) is 12.2. The van der Waals surface area contributed by atoms with Crippen LogP contribution < -0.4 is 10.0 Å². The summed E-state index contributed by atoms with van der Waals surface area (Å²) < 4.78 is 34.2. The quantitative estimate of drug-likeness (QED) is 0.244. The van der Waals surface area contributed by atoms with Crippen LogP contribution in [0.3, 0.4) is 0 Å². The molecule has 0 radical (unpaired) electrons. The Bertz CT molecular complexity index is 1660. The van der Waals surface area contributed by atoms with Gasteiger partial charge < -0.3 is 9.84 Å². The first-order valence-corrected chi connectivity index (χ1v) is 13.7. The van der Waals surface area contributed by atoms with Crippen molar-refractivity contribution < 1.29 is 17.7 Å². The Labute approximate surface area is 221 Å². The van der Waals surface area contributed by atoms with Gasteiger partial charge in [0.05, 0.1) is 10.6 Å². The number of carbonyl (C=O) groups excluding carboxylic acids is 1. The minimum atomic E-state index is -3.98. The second-order valence-electron chi connectivity index (χ2n) is 9.11. The minimum absolute atomic E-state index is 0.0750. The third kappa shape index (κ3) is 5.17. The summed E-state index contributed by atoms with van der Waals surface area (Å²) in [6, 6.07) is 30.0. The lowest BCUT2D eigenvalue weighted by molar-refractivity contribution is -0.116. The van der Waals surface area contributed by atoms with E-state index in [-0.39, 0.29) is 29.0 Å². The van der Waals surface area contributed by atoms with Gasteiger partial charge in [-0.25, -0.2) is 13.1 Å². The summed E-state index contributed by atoms with van der Waals surface area (Å²) in [6.45, 7) is 3.47. The second kappa shape index (κ2) is 10.5. The van der Waals surface area contributed by atoms with Gasteiger partial charge in [-0.05, 0) is 37.1 Å². The fourth-order valence-corrected chi connectivity index (χ4v) is 5.77. The van der Waals surface area contributed by atoms with Crippen molar-refractivity contribution in [3.05, 3.63) is 119 Å². The molecule has 0 aliphatic heterocycles. The van der Waals surface area contributed by atoms with Crippen LogP contribution in [0.4, 0.5) is 11.6 Å². The molecule has 192 valence electrons. The Balaban J connectivity index is 1.44. The number of carbonyl (C=O) groups is 1. The molecule has 8 heteroatoms. The number of hydrogen-bond donors (Lipinski definition) is 2. The van der Waals surface area contributed by atoms with E-state index in [1.54, 1.807) is 44.2 Å². The number of aryl methyl sites for hydroxylation is 1. The predicted molar refractivity (Wildman–Crippen MR) is 149 cm³/mol. The Morgan fingerprint density at radius 2 is 1.42 bits per heavy atom. The normalized spacial score (nSPS) is 11.6. The maximum atomic E-state index is 13.3. The van der Waals surface area contributed by atoms with Crippen LogP contribution in [-0.2, 0) is 14.8 Å². The first kappa shape index (κ1) is 25.2. The molecule has 5 rings (SSSR count). The van der Waals surface area contributed by atoms with E-state index in [9.17, 15) is 13.2 Å². The topological polar surface area (TPSA) is 101 Å². The number of benzene rings is 4. The molecule has 0 aliphatic carbocycles. The van der Waals surface area contributed by atoms with Crippen molar-refractivity contribution >= 4 is 38.3 Å². The summed E-state index contributed by atoms with van der Waals surface area (Å²) in [5, 5.41) is 7.93. The SMILES string of the molecule is Cc1noc(NS(=O)(=O)c2cccc3c(NC(=O)CC(c4ccccc4)c4ccccc4)cccc23)c1C. The van der Waals surface area contributed by atoms with E-state index < -0.39 is 10.0 Å². The zero-order valence-corrected chi connectivity index (χ0v) is 21.8. The van der Waals surface area contributed by atoms with Gasteiger partial charge in [-0.3, -0.25) is 4.79 Å². The Kier molecular flexibility index (Phi) is 6.98. The number of sulfonamides is 1. The molecule has 0 unspecified atom stereocenters. The van der Waals surface area contributed by atoms with Crippen LogP contribution in [0.15, 0.2) is 106 Å². The van der Waals surface area contributed by atoms with Gasteiger partial charge in [0, 0.05) is 34.4 Å². The lowest BCUT2D eigenvalue weighted by atomic mass is 9.88. The van der Waals surface area contributed by atoms with Gasteiger partial charge in [0.1, 0.15) is 0 Å². The van der Waals surface area contributed by atoms with E-state index >= 15 is 0 Å². The molecule has 0 bridgehead atoms. The molecule has 0 fully saturated rings. The maximum absolute atomic E-state index is 13.3. The molecular weight excluding hydrogens is 498 g/mol. The highest BCUT2D eigenvalue weighted by Crippen LogP contribution is 2.32. The molecule has 7 nitrogen and oxygen atoms in total. The van der Waals surface area contributed by atoms with Crippen LogP contribution in [0.25, 0.3) is 10.8 Å². The smallest absolute Gasteiger partial charge is 0.264 e. The molecule has 0 saturated carbocycles. The van der Waals surface area contributed by atoms with E-state index in [4.69, 9.17) is 4.52 Å². The van der Waals surface area contributed by atoms with E-state index in [1.807, 2.05) is 60.7 Å². The van der Waals surface area contributed by atoms with Crippen molar-refractivity contribution in [2.45, 2.75) is 31.1 Å². The number of aromatic nitrogens is 1. The Hall–Kier alpha value is -4.43. The lowest BCUT2D eigenvalue weighted by Gasteiger charge is -2.18. The molecular formula is C30H27N3O4S. The van der Waals surface area contributed by atoms with Gasteiger partial charge in [0.2, 0.25) is 11.8 Å². The fraction of sp³-hybridized carbons (Fsp3) is 0.133. The monoisotopic (exact) mass is 525 g/mol. The standard InChI is InChI=1S/C30H27N3O4S/c1-20-21(2)32-37-30(20)33-38(35,36)28-18-10-15-24-25(28)16-9-17-27(24)31-29(34)19-26(22-11-5-3-6-12-22)23-13-7-4-8-14-23/h3-18,26,33H,19H2,1-2H3,(H,31,34). The number of hydrogen-bond acceptors (Lipinski definition) is 5. The maximum Gasteiger partial charge on any atom is 0.264 e. The zero-order valence-electron chi connectivity index (χ0n) is 21.0. The van der Waals surface area contributed by atoms with Crippen molar-refractivity contribution in [3.63, 3.8) is 0 Å². The average Bonchev–Trinajstić information content (AvgIpc) is 3.24. The van der Waals surface area contributed by atoms with Gasteiger partial charge in [-0.15, -0.1) is 0 Å². The number of nitrogens with one attached hydrogen (secondary N) is 2. The first-order chi connectivity index (χ1) is 18.3. The van der Waals surface area contributed by atoms with Gasteiger partial charge in [0.15, 0.2) is 0 Å². The molecule has 2 N–H and O–H groups in total. The van der Waals surface area contributed by atoms with Gasteiger partial charge in [-0.2, -0.15) is 0 Å². The minimum Gasteiger partial charge on any atom is -0.337 e. The van der Waals surface area contributed by atoms with Crippen LogP contribution in [0.5, 0.6) is 0 Å². The summed E-state index contributed by atoms with van der Waals surface area (Å²) >= 11 is 0. The summed E-state index contributed by atoms with van der Waals surface area (Å²) in [4.78, 5) is 13.4.